The molecule has 1 aromatic rings. The Balaban J connectivity index is 1.92. The van der Waals surface area contributed by atoms with Crippen LogP contribution in [0.25, 0.3) is 0 Å². The molecule has 1 fully saturated rings. The summed E-state index contributed by atoms with van der Waals surface area (Å²) in [5, 5.41) is 0. The molecule has 6 nitrogen and oxygen atoms in total. The van der Waals surface area contributed by atoms with E-state index in [2.05, 4.69) is 15.9 Å². The SMILES string of the molecule is CN(C(=O)COC(=O)c1ccc(Br)cc1F)[C@H]1CCS(=O)(=O)C1. The highest BCUT2D eigenvalue weighted by Gasteiger charge is 2.33. The Morgan fingerprint density at radius 1 is 1.43 bits per heavy atom. The molecule has 9 heteroatoms. The molecular formula is C14H15BrFNO5S. The largest absolute Gasteiger partial charge is 0.452 e. The van der Waals surface area contributed by atoms with Crippen LogP contribution in [-0.2, 0) is 19.4 Å². The Hall–Kier alpha value is -1.48. The number of rotatable bonds is 4. The zero-order chi connectivity index (χ0) is 17.2. The van der Waals surface area contributed by atoms with E-state index < -0.39 is 40.2 Å². The van der Waals surface area contributed by atoms with Crippen molar-refractivity contribution < 1.29 is 27.1 Å². The second kappa shape index (κ2) is 6.96. The number of halogens is 2. The second-order valence-electron chi connectivity index (χ2n) is 5.26. The predicted octanol–water partition coefficient (Wildman–Crippen LogP) is 1.39. The van der Waals surface area contributed by atoms with Crippen LogP contribution in [0.4, 0.5) is 4.39 Å². The molecule has 0 bridgehead atoms. The van der Waals surface area contributed by atoms with Crippen LogP contribution in [0.2, 0.25) is 0 Å². The van der Waals surface area contributed by atoms with Gasteiger partial charge in [-0.05, 0) is 24.6 Å². The summed E-state index contributed by atoms with van der Waals surface area (Å²) in [7, 11) is -1.65. The van der Waals surface area contributed by atoms with Gasteiger partial charge in [-0.2, -0.15) is 0 Å². The molecule has 0 unspecified atom stereocenters. The summed E-state index contributed by atoms with van der Waals surface area (Å²) in [6.07, 6.45) is 0.361. The number of esters is 1. The first-order valence-corrected chi connectivity index (χ1v) is 9.39. The fourth-order valence-corrected chi connectivity index (χ4v) is 4.35. The monoisotopic (exact) mass is 407 g/mol. The lowest BCUT2D eigenvalue weighted by atomic mass is 10.2. The van der Waals surface area contributed by atoms with Crippen molar-refractivity contribution in [2.75, 3.05) is 25.2 Å². The van der Waals surface area contributed by atoms with E-state index in [9.17, 15) is 22.4 Å². The van der Waals surface area contributed by atoms with Crippen molar-refractivity contribution in [1.82, 2.24) is 4.90 Å². The van der Waals surface area contributed by atoms with E-state index in [0.29, 0.717) is 10.9 Å². The molecule has 0 N–H and O–H groups in total. The number of hydrogen-bond acceptors (Lipinski definition) is 5. The van der Waals surface area contributed by atoms with Gasteiger partial charge in [0.2, 0.25) is 0 Å². The third kappa shape index (κ3) is 4.51. The lowest BCUT2D eigenvalue weighted by Gasteiger charge is -2.23. The average molecular weight is 408 g/mol. The highest BCUT2D eigenvalue weighted by Crippen LogP contribution is 2.18. The summed E-state index contributed by atoms with van der Waals surface area (Å²) in [5.74, 6) is -2.29. The lowest BCUT2D eigenvalue weighted by Crippen LogP contribution is -2.40. The molecule has 1 aromatic carbocycles. The number of carbonyl (C=O) groups is 2. The highest BCUT2D eigenvalue weighted by atomic mass is 79.9. The first kappa shape index (κ1) is 17.9. The number of carbonyl (C=O) groups excluding carboxylic acids is 2. The van der Waals surface area contributed by atoms with Crippen LogP contribution in [0.15, 0.2) is 22.7 Å². The molecule has 0 radical (unpaired) electrons. The zero-order valence-electron chi connectivity index (χ0n) is 12.3. The molecule has 1 saturated heterocycles. The smallest absolute Gasteiger partial charge is 0.341 e. The minimum absolute atomic E-state index is 0.0409. The fraction of sp³-hybridized carbons (Fsp3) is 0.429. The van der Waals surface area contributed by atoms with Crippen LogP contribution >= 0.6 is 15.9 Å². The molecule has 1 aliphatic rings. The van der Waals surface area contributed by atoms with Crippen molar-refractivity contribution in [2.24, 2.45) is 0 Å². The maximum absolute atomic E-state index is 13.6. The summed E-state index contributed by atoms with van der Waals surface area (Å²) in [6.45, 7) is -0.568. The van der Waals surface area contributed by atoms with Crippen molar-refractivity contribution in [3.05, 3.63) is 34.1 Å². The van der Waals surface area contributed by atoms with Crippen LogP contribution in [0.5, 0.6) is 0 Å². The number of amides is 1. The predicted molar refractivity (Wildman–Crippen MR) is 84.2 cm³/mol. The molecule has 0 saturated carbocycles. The van der Waals surface area contributed by atoms with Crippen molar-refractivity contribution in [3.8, 4) is 0 Å². The van der Waals surface area contributed by atoms with Gasteiger partial charge < -0.3 is 9.64 Å². The Kier molecular flexibility index (Phi) is 5.41. The van der Waals surface area contributed by atoms with Crippen molar-refractivity contribution >= 4 is 37.6 Å². The minimum atomic E-state index is -3.11. The van der Waals surface area contributed by atoms with Gasteiger partial charge in [0.05, 0.1) is 17.1 Å². The minimum Gasteiger partial charge on any atom is -0.452 e. The molecule has 0 spiro atoms. The maximum atomic E-state index is 13.6. The third-order valence-electron chi connectivity index (χ3n) is 3.63. The Labute approximate surface area is 141 Å². The van der Waals surface area contributed by atoms with E-state index in [-0.39, 0.29) is 17.1 Å². The summed E-state index contributed by atoms with van der Waals surface area (Å²) in [6, 6.07) is 3.43. The molecule has 1 amide bonds. The van der Waals surface area contributed by atoms with Crippen LogP contribution in [-0.4, -0.2) is 56.4 Å². The molecule has 1 aliphatic heterocycles. The molecule has 23 heavy (non-hydrogen) atoms. The molecule has 0 aromatic heterocycles. The first-order chi connectivity index (χ1) is 10.7. The van der Waals surface area contributed by atoms with Gasteiger partial charge in [0.1, 0.15) is 5.82 Å². The van der Waals surface area contributed by atoms with Crippen molar-refractivity contribution in [2.45, 2.75) is 12.5 Å². The number of nitrogens with zero attached hydrogens (tertiary/aromatic N) is 1. The van der Waals surface area contributed by atoms with E-state index >= 15 is 0 Å². The Morgan fingerprint density at radius 2 is 2.13 bits per heavy atom. The maximum Gasteiger partial charge on any atom is 0.341 e. The van der Waals surface area contributed by atoms with Gasteiger partial charge in [-0.3, -0.25) is 4.79 Å². The Morgan fingerprint density at radius 3 is 2.70 bits per heavy atom. The molecule has 1 heterocycles. The number of ether oxygens (including phenoxy) is 1. The van der Waals surface area contributed by atoms with Gasteiger partial charge in [0.25, 0.3) is 5.91 Å². The van der Waals surface area contributed by atoms with Crippen LogP contribution in [0.1, 0.15) is 16.8 Å². The van der Waals surface area contributed by atoms with Gasteiger partial charge in [-0.15, -0.1) is 0 Å². The molecular weight excluding hydrogens is 393 g/mol. The first-order valence-electron chi connectivity index (χ1n) is 6.78. The number of sulfone groups is 1. The number of benzene rings is 1. The Bertz CT molecular complexity index is 737. The van der Waals surface area contributed by atoms with Crippen LogP contribution < -0.4 is 0 Å². The molecule has 126 valence electrons. The summed E-state index contributed by atoms with van der Waals surface area (Å²) < 4.78 is 41.7. The highest BCUT2D eigenvalue weighted by molar-refractivity contribution is 9.10. The summed E-state index contributed by atoms with van der Waals surface area (Å²) >= 11 is 3.07. The number of hydrogen-bond donors (Lipinski definition) is 0. The van der Waals surface area contributed by atoms with Crippen molar-refractivity contribution in [1.29, 1.82) is 0 Å². The fourth-order valence-electron chi connectivity index (χ4n) is 2.25. The standard InChI is InChI=1S/C14H15BrFNO5S/c1-17(10-4-5-23(20,21)8-10)13(18)7-22-14(19)11-3-2-9(15)6-12(11)16/h2-3,6,10H,4-5,7-8H2,1H3/t10-/m0/s1. The van der Waals surface area contributed by atoms with Crippen LogP contribution in [0, 0.1) is 5.82 Å². The van der Waals surface area contributed by atoms with E-state index in [1.807, 2.05) is 0 Å². The topological polar surface area (TPSA) is 80.8 Å². The average Bonchev–Trinajstić information content (AvgIpc) is 2.83. The molecule has 0 aliphatic carbocycles. The van der Waals surface area contributed by atoms with E-state index in [4.69, 9.17) is 4.74 Å². The summed E-state index contributed by atoms with van der Waals surface area (Å²) in [4.78, 5) is 25.0. The molecule has 1 atom stereocenters. The van der Waals surface area contributed by atoms with Gasteiger partial charge in [0, 0.05) is 17.6 Å². The van der Waals surface area contributed by atoms with Gasteiger partial charge in [-0.25, -0.2) is 17.6 Å². The van der Waals surface area contributed by atoms with E-state index in [1.165, 1.54) is 24.1 Å². The van der Waals surface area contributed by atoms with E-state index in [0.717, 1.165) is 6.07 Å². The second-order valence-corrected chi connectivity index (χ2v) is 8.41. The van der Waals surface area contributed by atoms with E-state index in [1.54, 1.807) is 0 Å². The molecule has 2 rings (SSSR count). The zero-order valence-corrected chi connectivity index (χ0v) is 14.7. The number of likely N-dealkylation sites (N-methyl/N-ethyl adjacent to an activating group) is 1. The summed E-state index contributed by atoms with van der Waals surface area (Å²) in [5.41, 5.74) is -0.271. The van der Waals surface area contributed by atoms with Gasteiger partial charge in [-0.1, -0.05) is 15.9 Å². The quantitative estimate of drug-likeness (QED) is 0.704. The van der Waals surface area contributed by atoms with Crippen LogP contribution in [0.3, 0.4) is 0 Å². The van der Waals surface area contributed by atoms with Gasteiger partial charge in [0.15, 0.2) is 16.4 Å². The van der Waals surface area contributed by atoms with Gasteiger partial charge >= 0.3 is 5.97 Å². The van der Waals surface area contributed by atoms with Crippen molar-refractivity contribution in [3.63, 3.8) is 0 Å². The lowest BCUT2D eigenvalue weighted by molar-refractivity contribution is -0.134. The third-order valence-corrected chi connectivity index (χ3v) is 5.87. The normalized spacial score (nSPS) is 19.3.